The molecule has 1 aliphatic rings. The number of carbonyl (C=O) groups is 1. The fourth-order valence-corrected chi connectivity index (χ4v) is 3.10. The number of carbonyl (C=O) groups excluding carboxylic acids is 1. The van der Waals surface area contributed by atoms with E-state index in [0.29, 0.717) is 11.6 Å². The fourth-order valence-electron chi connectivity index (χ4n) is 3.10. The Hall–Kier alpha value is -2.18. The molecule has 7 heteroatoms. The van der Waals surface area contributed by atoms with E-state index >= 15 is 0 Å². The lowest BCUT2D eigenvalue weighted by Crippen LogP contribution is -2.27. The Morgan fingerprint density at radius 2 is 2.00 bits per heavy atom. The van der Waals surface area contributed by atoms with Gasteiger partial charge in [-0.05, 0) is 33.6 Å². The van der Waals surface area contributed by atoms with Gasteiger partial charge in [0.15, 0.2) is 0 Å². The van der Waals surface area contributed by atoms with Crippen LogP contribution in [0.15, 0.2) is 12.3 Å². The molecule has 2 aromatic heterocycles. The van der Waals surface area contributed by atoms with Crippen molar-refractivity contribution in [2.24, 2.45) is 7.05 Å². The number of hydrogen-bond acceptors (Lipinski definition) is 4. The molecule has 0 radical (unpaired) electrons. The highest BCUT2D eigenvalue weighted by molar-refractivity contribution is 6.02. The van der Waals surface area contributed by atoms with E-state index < -0.39 is 0 Å². The summed E-state index contributed by atoms with van der Waals surface area (Å²) in [5.41, 5.74) is 1.30. The molecule has 0 saturated heterocycles. The van der Waals surface area contributed by atoms with Gasteiger partial charge in [-0.15, -0.1) is 5.10 Å². The molecular weight excluding hydrogens is 292 g/mol. The number of aromatic nitrogens is 5. The summed E-state index contributed by atoms with van der Waals surface area (Å²) in [5.74, 6) is 1.01. The molecule has 0 unspecified atom stereocenters. The fraction of sp³-hybridized carbons (Fsp3) is 0.625. The number of hydrogen-bond donors (Lipinski definition) is 1. The molecule has 2 aromatic rings. The predicted molar refractivity (Wildman–Crippen MR) is 87.4 cm³/mol. The summed E-state index contributed by atoms with van der Waals surface area (Å²) in [6.07, 6.45) is 6.34. The molecule has 0 aromatic carbocycles. The van der Waals surface area contributed by atoms with Crippen molar-refractivity contribution in [1.82, 2.24) is 24.8 Å². The smallest absolute Gasteiger partial charge is 0.276 e. The van der Waals surface area contributed by atoms with E-state index in [0.717, 1.165) is 11.5 Å². The van der Waals surface area contributed by atoms with Gasteiger partial charge in [0, 0.05) is 19.0 Å². The van der Waals surface area contributed by atoms with Crippen LogP contribution >= 0.6 is 0 Å². The highest BCUT2D eigenvalue weighted by atomic mass is 16.2. The number of nitrogens with one attached hydrogen (secondary N) is 1. The van der Waals surface area contributed by atoms with Crippen molar-refractivity contribution in [3.8, 4) is 0 Å². The van der Waals surface area contributed by atoms with Gasteiger partial charge in [0.25, 0.3) is 5.91 Å². The van der Waals surface area contributed by atoms with Crippen LogP contribution in [-0.4, -0.2) is 30.7 Å². The van der Waals surface area contributed by atoms with Crippen LogP contribution in [-0.2, 0) is 12.6 Å². The van der Waals surface area contributed by atoms with Gasteiger partial charge in [-0.1, -0.05) is 18.1 Å². The lowest BCUT2D eigenvalue weighted by molar-refractivity contribution is 0.101. The van der Waals surface area contributed by atoms with Crippen LogP contribution in [0.3, 0.4) is 0 Å². The van der Waals surface area contributed by atoms with E-state index in [9.17, 15) is 4.79 Å². The molecule has 0 bridgehead atoms. The van der Waals surface area contributed by atoms with Crippen molar-refractivity contribution < 1.29 is 4.79 Å². The van der Waals surface area contributed by atoms with Crippen LogP contribution < -0.4 is 5.32 Å². The summed E-state index contributed by atoms with van der Waals surface area (Å²) in [6.45, 7) is 6.25. The second kappa shape index (κ2) is 5.79. The Morgan fingerprint density at radius 1 is 1.30 bits per heavy atom. The molecule has 2 heterocycles. The topological polar surface area (TPSA) is 77.6 Å². The molecule has 1 N–H and O–H groups in total. The van der Waals surface area contributed by atoms with Crippen LogP contribution in [0.4, 0.5) is 5.82 Å². The van der Waals surface area contributed by atoms with Gasteiger partial charge in [-0.2, -0.15) is 5.10 Å². The number of aryl methyl sites for hydroxylation is 1. The third kappa shape index (κ3) is 3.13. The first-order valence-corrected chi connectivity index (χ1v) is 8.13. The third-order valence-electron chi connectivity index (χ3n) is 4.33. The van der Waals surface area contributed by atoms with Crippen molar-refractivity contribution >= 4 is 11.7 Å². The van der Waals surface area contributed by atoms with Gasteiger partial charge < -0.3 is 5.32 Å². The third-order valence-corrected chi connectivity index (χ3v) is 4.33. The van der Waals surface area contributed by atoms with Gasteiger partial charge in [-0.25, -0.2) is 9.36 Å². The molecule has 1 aliphatic carbocycles. The summed E-state index contributed by atoms with van der Waals surface area (Å²) in [6, 6.07) is 2.02. The maximum absolute atomic E-state index is 12.5. The number of nitrogens with zero attached hydrogens (tertiary/aromatic N) is 5. The average Bonchev–Trinajstić information content (AvgIpc) is 3.15. The van der Waals surface area contributed by atoms with Gasteiger partial charge in [-0.3, -0.25) is 4.79 Å². The van der Waals surface area contributed by atoms with Gasteiger partial charge in [0.05, 0.1) is 17.4 Å². The second-order valence-electron chi connectivity index (χ2n) is 7.22. The Bertz CT molecular complexity index is 702. The SMILES string of the molecule is Cn1nncc1C(=O)Nc1cc(C2CCCC2)nn1C(C)(C)C. The monoisotopic (exact) mass is 316 g/mol. The van der Waals surface area contributed by atoms with Crippen molar-refractivity contribution in [1.29, 1.82) is 0 Å². The number of rotatable bonds is 3. The van der Waals surface area contributed by atoms with Crippen LogP contribution in [0.5, 0.6) is 0 Å². The largest absolute Gasteiger partial charge is 0.305 e. The molecule has 124 valence electrons. The molecule has 7 nitrogen and oxygen atoms in total. The van der Waals surface area contributed by atoms with E-state index in [1.165, 1.54) is 36.6 Å². The highest BCUT2D eigenvalue weighted by Crippen LogP contribution is 2.35. The van der Waals surface area contributed by atoms with Crippen molar-refractivity contribution in [3.63, 3.8) is 0 Å². The normalized spacial score (nSPS) is 16.0. The Morgan fingerprint density at radius 3 is 2.57 bits per heavy atom. The Balaban J connectivity index is 1.90. The first-order chi connectivity index (χ1) is 10.9. The van der Waals surface area contributed by atoms with E-state index in [4.69, 9.17) is 5.10 Å². The first kappa shape index (κ1) is 15.7. The summed E-state index contributed by atoms with van der Waals surface area (Å²) in [7, 11) is 1.70. The molecule has 1 fully saturated rings. The Labute approximate surface area is 136 Å². The minimum atomic E-state index is -0.221. The van der Waals surface area contributed by atoms with Crippen molar-refractivity contribution in [2.75, 3.05) is 5.32 Å². The lowest BCUT2D eigenvalue weighted by Gasteiger charge is -2.22. The van der Waals surface area contributed by atoms with E-state index in [1.807, 2.05) is 10.7 Å². The highest BCUT2D eigenvalue weighted by Gasteiger charge is 2.26. The quantitative estimate of drug-likeness (QED) is 0.944. The van der Waals surface area contributed by atoms with Crippen molar-refractivity contribution in [2.45, 2.75) is 57.9 Å². The molecule has 1 amide bonds. The zero-order chi connectivity index (χ0) is 16.6. The molecule has 3 rings (SSSR count). The average molecular weight is 316 g/mol. The maximum Gasteiger partial charge on any atom is 0.276 e. The van der Waals surface area contributed by atoms with Gasteiger partial charge >= 0.3 is 0 Å². The lowest BCUT2D eigenvalue weighted by atomic mass is 10.0. The van der Waals surface area contributed by atoms with Gasteiger partial charge in [0.2, 0.25) is 0 Å². The zero-order valence-corrected chi connectivity index (χ0v) is 14.2. The number of amides is 1. The predicted octanol–water partition coefficient (Wildman–Crippen LogP) is 2.68. The number of anilines is 1. The molecule has 1 saturated carbocycles. The summed E-state index contributed by atoms with van der Waals surface area (Å²) in [5, 5.41) is 15.3. The van der Waals surface area contributed by atoms with Crippen LogP contribution in [0.25, 0.3) is 0 Å². The maximum atomic E-state index is 12.5. The minimum absolute atomic E-state index is 0.204. The summed E-state index contributed by atoms with van der Waals surface area (Å²) < 4.78 is 3.37. The van der Waals surface area contributed by atoms with Crippen LogP contribution in [0.1, 0.15) is 68.6 Å². The molecular formula is C16H24N6O. The molecule has 23 heavy (non-hydrogen) atoms. The standard InChI is InChI=1S/C16H24N6O/c1-16(2,3)22-14(9-12(19-22)11-7-5-6-8-11)18-15(23)13-10-17-20-21(13)4/h9-11H,5-8H2,1-4H3,(H,18,23). The summed E-state index contributed by atoms with van der Waals surface area (Å²) in [4.78, 5) is 12.5. The van der Waals surface area contributed by atoms with Crippen LogP contribution in [0, 0.1) is 0 Å². The molecule has 0 spiro atoms. The van der Waals surface area contributed by atoms with Gasteiger partial charge in [0.1, 0.15) is 11.5 Å². The first-order valence-electron chi connectivity index (χ1n) is 8.13. The molecule has 0 atom stereocenters. The molecule has 0 aliphatic heterocycles. The summed E-state index contributed by atoms with van der Waals surface area (Å²) >= 11 is 0. The van der Waals surface area contributed by atoms with E-state index in [-0.39, 0.29) is 11.4 Å². The Kier molecular flexibility index (Phi) is 3.95. The van der Waals surface area contributed by atoms with Crippen molar-refractivity contribution in [3.05, 3.63) is 23.7 Å². The van der Waals surface area contributed by atoms with Crippen LogP contribution in [0.2, 0.25) is 0 Å². The zero-order valence-electron chi connectivity index (χ0n) is 14.2. The second-order valence-corrected chi connectivity index (χ2v) is 7.22. The van der Waals surface area contributed by atoms with E-state index in [1.54, 1.807) is 7.05 Å². The minimum Gasteiger partial charge on any atom is -0.305 e. The van der Waals surface area contributed by atoms with E-state index in [2.05, 4.69) is 36.4 Å².